The van der Waals surface area contributed by atoms with Gasteiger partial charge in [0.15, 0.2) is 11.5 Å². The highest BCUT2D eigenvalue weighted by molar-refractivity contribution is 6.32. The number of nitrogens with one attached hydrogen (secondary N) is 1. The van der Waals surface area contributed by atoms with Gasteiger partial charge in [0, 0.05) is 40.8 Å². The number of nitro benzene ring substituents is 1. The molecule has 0 bridgehead atoms. The molecule has 166 valence electrons. The summed E-state index contributed by atoms with van der Waals surface area (Å²) < 4.78 is 1.63. The van der Waals surface area contributed by atoms with Gasteiger partial charge in [-0.1, -0.05) is 23.7 Å². The van der Waals surface area contributed by atoms with Crippen molar-refractivity contribution in [1.29, 1.82) is 0 Å². The number of fused-ring (bicyclic) bond motifs is 1. The van der Waals surface area contributed by atoms with E-state index in [0.29, 0.717) is 22.9 Å². The minimum absolute atomic E-state index is 0.0374. The Bertz CT molecular complexity index is 1550. The summed E-state index contributed by atoms with van der Waals surface area (Å²) in [5, 5.41) is 26.9. The predicted octanol–water partition coefficient (Wildman–Crippen LogP) is 4.67. The van der Waals surface area contributed by atoms with Crippen LogP contribution in [-0.2, 0) is 0 Å². The van der Waals surface area contributed by atoms with Crippen molar-refractivity contribution in [2.75, 3.05) is 5.32 Å². The predicted molar refractivity (Wildman–Crippen MR) is 126 cm³/mol. The number of nitro groups is 1. The van der Waals surface area contributed by atoms with Gasteiger partial charge in [-0.25, -0.2) is 0 Å². The molecule has 0 unspecified atom stereocenters. The number of anilines is 1. The number of carbonyl (C=O) groups is 1. The van der Waals surface area contributed by atoms with Crippen LogP contribution in [0, 0.1) is 10.1 Å². The summed E-state index contributed by atoms with van der Waals surface area (Å²) in [7, 11) is 0. The van der Waals surface area contributed by atoms with Crippen LogP contribution in [0.1, 0.15) is 10.4 Å². The average Bonchev–Trinajstić information content (AvgIpc) is 3.28. The zero-order chi connectivity index (χ0) is 23.7. The highest BCUT2D eigenvalue weighted by Crippen LogP contribution is 2.27. The summed E-state index contributed by atoms with van der Waals surface area (Å²) in [6.07, 6.45) is 3.36. The van der Waals surface area contributed by atoms with Gasteiger partial charge in [0.25, 0.3) is 11.6 Å². The van der Waals surface area contributed by atoms with Crippen LogP contribution in [-0.4, -0.2) is 35.6 Å². The normalized spacial score (nSPS) is 10.9. The second-order valence-electron chi connectivity index (χ2n) is 7.21. The third-order valence-corrected chi connectivity index (χ3v) is 5.32. The summed E-state index contributed by atoms with van der Waals surface area (Å²) >= 11 is 5.83. The van der Waals surface area contributed by atoms with Crippen molar-refractivity contribution < 1.29 is 9.72 Å². The van der Waals surface area contributed by atoms with E-state index in [1.54, 1.807) is 47.2 Å². The molecule has 3 heterocycles. The molecule has 2 aromatic carbocycles. The number of hydrogen-bond acceptors (Lipinski definition) is 7. The Labute approximate surface area is 197 Å². The fourth-order valence-electron chi connectivity index (χ4n) is 3.37. The van der Waals surface area contributed by atoms with E-state index in [1.807, 2.05) is 18.2 Å². The van der Waals surface area contributed by atoms with E-state index in [9.17, 15) is 14.9 Å². The number of nitrogens with zero attached hydrogens (tertiary/aromatic N) is 6. The monoisotopic (exact) mass is 471 g/mol. The zero-order valence-corrected chi connectivity index (χ0v) is 18.0. The molecule has 0 radical (unpaired) electrons. The number of carbonyl (C=O) groups excluding carboxylic acids is 1. The van der Waals surface area contributed by atoms with E-state index in [2.05, 4.69) is 25.6 Å². The molecule has 0 aliphatic heterocycles. The minimum Gasteiger partial charge on any atom is -0.322 e. The SMILES string of the molecule is O=C(Nc1cccc(-c2ccc3nnc(-c4cccnc4)n3n2)c1)c1ccc(Cl)c([N+](=O)[O-])c1. The van der Waals surface area contributed by atoms with Crippen molar-refractivity contribution in [2.24, 2.45) is 0 Å². The molecule has 0 saturated carbocycles. The maximum absolute atomic E-state index is 12.7. The van der Waals surface area contributed by atoms with Crippen LogP contribution < -0.4 is 5.32 Å². The standard InChI is InChI=1S/C23H14ClN7O3/c24-18-7-6-15(12-20(18)31(33)34)23(32)26-17-5-1-3-14(11-17)19-8-9-21-27-28-22(30(21)29-19)16-4-2-10-25-13-16/h1-13H,(H,26,32). The lowest BCUT2D eigenvalue weighted by Gasteiger charge is -2.08. The molecular weight excluding hydrogens is 458 g/mol. The molecule has 0 atom stereocenters. The van der Waals surface area contributed by atoms with Crippen LogP contribution in [0.3, 0.4) is 0 Å². The first-order valence-corrected chi connectivity index (χ1v) is 10.4. The van der Waals surface area contributed by atoms with E-state index in [1.165, 1.54) is 12.1 Å². The molecule has 10 nitrogen and oxygen atoms in total. The number of halogens is 1. The van der Waals surface area contributed by atoms with Gasteiger partial charge in [-0.2, -0.15) is 9.61 Å². The second kappa shape index (κ2) is 8.68. The Balaban J connectivity index is 1.45. The summed E-state index contributed by atoms with van der Waals surface area (Å²) in [5.74, 6) is 0.0525. The van der Waals surface area contributed by atoms with Crippen LogP contribution in [0.5, 0.6) is 0 Å². The zero-order valence-electron chi connectivity index (χ0n) is 17.3. The Morgan fingerprint density at radius 2 is 1.85 bits per heavy atom. The van der Waals surface area contributed by atoms with Gasteiger partial charge in [0.05, 0.1) is 10.6 Å². The van der Waals surface area contributed by atoms with E-state index < -0.39 is 10.8 Å². The molecule has 5 aromatic rings. The average molecular weight is 472 g/mol. The van der Waals surface area contributed by atoms with Crippen LogP contribution >= 0.6 is 11.6 Å². The third kappa shape index (κ3) is 4.05. The lowest BCUT2D eigenvalue weighted by molar-refractivity contribution is -0.384. The molecule has 5 rings (SSSR count). The molecule has 0 aliphatic carbocycles. The molecule has 0 aliphatic rings. The highest BCUT2D eigenvalue weighted by Gasteiger charge is 2.17. The Morgan fingerprint density at radius 1 is 1.00 bits per heavy atom. The van der Waals surface area contributed by atoms with Crippen molar-refractivity contribution in [3.8, 4) is 22.6 Å². The fourth-order valence-corrected chi connectivity index (χ4v) is 3.56. The number of rotatable bonds is 5. The van der Waals surface area contributed by atoms with Crippen molar-refractivity contribution >= 4 is 34.5 Å². The molecule has 1 amide bonds. The first-order valence-electron chi connectivity index (χ1n) is 9.98. The first-order chi connectivity index (χ1) is 16.5. The van der Waals surface area contributed by atoms with E-state index >= 15 is 0 Å². The van der Waals surface area contributed by atoms with Gasteiger partial charge in [-0.15, -0.1) is 10.2 Å². The molecule has 3 aromatic heterocycles. The van der Waals surface area contributed by atoms with Gasteiger partial charge in [-0.3, -0.25) is 19.9 Å². The summed E-state index contributed by atoms with van der Waals surface area (Å²) in [6, 6.07) is 18.3. The summed E-state index contributed by atoms with van der Waals surface area (Å²) in [6.45, 7) is 0. The van der Waals surface area contributed by atoms with Crippen molar-refractivity contribution in [2.45, 2.75) is 0 Å². The van der Waals surface area contributed by atoms with Crippen molar-refractivity contribution in [1.82, 2.24) is 24.8 Å². The van der Waals surface area contributed by atoms with Gasteiger partial charge in [0.1, 0.15) is 5.02 Å². The van der Waals surface area contributed by atoms with Gasteiger partial charge in [0.2, 0.25) is 0 Å². The topological polar surface area (TPSA) is 128 Å². The quantitative estimate of drug-likeness (QED) is 0.291. The van der Waals surface area contributed by atoms with E-state index in [4.69, 9.17) is 11.6 Å². The number of hydrogen-bond donors (Lipinski definition) is 1. The fraction of sp³-hybridized carbons (Fsp3) is 0. The molecule has 0 saturated heterocycles. The molecule has 11 heteroatoms. The minimum atomic E-state index is -0.633. The largest absolute Gasteiger partial charge is 0.322 e. The van der Waals surface area contributed by atoms with Crippen LogP contribution in [0.4, 0.5) is 11.4 Å². The molecule has 0 fully saturated rings. The summed E-state index contributed by atoms with van der Waals surface area (Å²) in [4.78, 5) is 27.3. The van der Waals surface area contributed by atoms with Gasteiger partial charge >= 0.3 is 0 Å². The lowest BCUT2D eigenvalue weighted by Crippen LogP contribution is -2.12. The smallest absolute Gasteiger partial charge is 0.288 e. The maximum Gasteiger partial charge on any atom is 0.288 e. The van der Waals surface area contributed by atoms with Crippen molar-refractivity contribution in [3.05, 3.63) is 99.8 Å². The van der Waals surface area contributed by atoms with Crippen LogP contribution in [0.25, 0.3) is 28.3 Å². The van der Waals surface area contributed by atoms with Crippen LogP contribution in [0.15, 0.2) is 79.1 Å². The third-order valence-electron chi connectivity index (χ3n) is 5.00. The molecule has 0 spiro atoms. The summed E-state index contributed by atoms with van der Waals surface area (Å²) in [5.41, 5.74) is 3.02. The van der Waals surface area contributed by atoms with Crippen molar-refractivity contribution in [3.63, 3.8) is 0 Å². The number of pyridine rings is 1. The molecule has 34 heavy (non-hydrogen) atoms. The first kappa shape index (κ1) is 21.2. The lowest BCUT2D eigenvalue weighted by atomic mass is 10.1. The van der Waals surface area contributed by atoms with E-state index in [-0.39, 0.29) is 16.3 Å². The van der Waals surface area contributed by atoms with Gasteiger partial charge < -0.3 is 5.32 Å². The number of aromatic nitrogens is 5. The Hall–Kier alpha value is -4.70. The van der Waals surface area contributed by atoms with Gasteiger partial charge in [-0.05, 0) is 48.5 Å². The Morgan fingerprint density at radius 3 is 2.65 bits per heavy atom. The number of amides is 1. The molecular formula is C23H14ClN7O3. The maximum atomic E-state index is 12.7. The van der Waals surface area contributed by atoms with E-state index in [0.717, 1.165) is 17.2 Å². The van der Waals surface area contributed by atoms with Crippen LogP contribution in [0.2, 0.25) is 5.02 Å². The molecule has 1 N–H and O–H groups in total. The highest BCUT2D eigenvalue weighted by atomic mass is 35.5. The second-order valence-corrected chi connectivity index (χ2v) is 7.62. The number of benzene rings is 2. The Kier molecular flexibility index (Phi) is 5.40.